The van der Waals surface area contributed by atoms with Crippen LogP contribution in [0.1, 0.15) is 41.1 Å². The number of aryl methyl sites for hydroxylation is 2. The highest BCUT2D eigenvalue weighted by atomic mass is 14.7. The Kier molecular flexibility index (Phi) is 2.78. The lowest BCUT2D eigenvalue weighted by atomic mass is 9.81. The molecule has 0 saturated carbocycles. The fourth-order valence-electron chi connectivity index (χ4n) is 2.91. The Morgan fingerprint density at radius 1 is 1.28 bits per heavy atom. The Morgan fingerprint density at radius 2 is 2.17 bits per heavy atom. The second-order valence-electron chi connectivity index (χ2n) is 5.12. The summed E-state index contributed by atoms with van der Waals surface area (Å²) in [7, 11) is 0. The number of aromatic nitrogens is 1. The van der Waals surface area contributed by atoms with E-state index >= 15 is 0 Å². The van der Waals surface area contributed by atoms with Crippen molar-refractivity contribution in [2.75, 3.05) is 5.73 Å². The highest BCUT2D eigenvalue weighted by molar-refractivity contribution is 5.53. The molecule has 1 aliphatic rings. The monoisotopic (exact) mass is 238 g/mol. The number of hydrogen-bond acceptors (Lipinski definition) is 2. The quantitative estimate of drug-likeness (QED) is 0.773. The second kappa shape index (κ2) is 4.45. The standard InChI is InChI=1S/C16H18N2/c1-11-7-8-15(17)14(10-11)13-6-2-4-12-5-3-9-18-16(12)13/h3,5,7-10,13H,2,4,6,17H2,1H3. The lowest BCUT2D eigenvalue weighted by Gasteiger charge is -2.25. The van der Waals surface area contributed by atoms with Gasteiger partial charge in [-0.3, -0.25) is 4.98 Å². The molecule has 0 spiro atoms. The molecule has 92 valence electrons. The third-order valence-electron chi connectivity index (χ3n) is 3.81. The molecule has 1 unspecified atom stereocenters. The number of nitrogens with two attached hydrogens (primary N) is 1. The van der Waals surface area contributed by atoms with Gasteiger partial charge >= 0.3 is 0 Å². The van der Waals surface area contributed by atoms with Crippen molar-refractivity contribution in [1.82, 2.24) is 4.98 Å². The van der Waals surface area contributed by atoms with Gasteiger partial charge in [0.1, 0.15) is 0 Å². The minimum absolute atomic E-state index is 0.370. The maximum absolute atomic E-state index is 6.15. The van der Waals surface area contributed by atoms with Crippen LogP contribution in [0.15, 0.2) is 36.5 Å². The van der Waals surface area contributed by atoms with Crippen LogP contribution < -0.4 is 5.73 Å². The molecule has 1 aliphatic carbocycles. The molecule has 2 nitrogen and oxygen atoms in total. The van der Waals surface area contributed by atoms with Crippen molar-refractivity contribution in [2.24, 2.45) is 0 Å². The molecule has 1 heterocycles. The number of rotatable bonds is 1. The lowest BCUT2D eigenvalue weighted by Crippen LogP contribution is -2.14. The Labute approximate surface area is 108 Å². The van der Waals surface area contributed by atoms with Crippen LogP contribution in [0.3, 0.4) is 0 Å². The molecule has 2 heteroatoms. The predicted octanol–water partition coefficient (Wildman–Crippen LogP) is 3.44. The van der Waals surface area contributed by atoms with Gasteiger partial charge in [-0.1, -0.05) is 23.8 Å². The van der Waals surface area contributed by atoms with Crippen LogP contribution in [0, 0.1) is 6.92 Å². The maximum atomic E-state index is 6.15. The summed E-state index contributed by atoms with van der Waals surface area (Å²) in [6.45, 7) is 2.12. The number of benzene rings is 1. The van der Waals surface area contributed by atoms with E-state index in [-0.39, 0.29) is 0 Å². The molecule has 18 heavy (non-hydrogen) atoms. The van der Waals surface area contributed by atoms with E-state index in [0.717, 1.165) is 18.5 Å². The maximum Gasteiger partial charge on any atom is 0.0511 e. The van der Waals surface area contributed by atoms with Crippen molar-refractivity contribution in [3.05, 3.63) is 58.9 Å². The minimum atomic E-state index is 0.370. The summed E-state index contributed by atoms with van der Waals surface area (Å²) < 4.78 is 0. The summed E-state index contributed by atoms with van der Waals surface area (Å²) in [6.07, 6.45) is 5.41. The van der Waals surface area contributed by atoms with Crippen molar-refractivity contribution < 1.29 is 0 Å². The molecule has 3 rings (SSSR count). The zero-order valence-electron chi connectivity index (χ0n) is 10.7. The third-order valence-corrected chi connectivity index (χ3v) is 3.81. The molecular formula is C16H18N2. The van der Waals surface area contributed by atoms with Crippen molar-refractivity contribution in [2.45, 2.75) is 32.1 Å². The molecule has 2 N–H and O–H groups in total. The van der Waals surface area contributed by atoms with Gasteiger partial charge in [0.25, 0.3) is 0 Å². The fraction of sp³-hybridized carbons (Fsp3) is 0.312. The van der Waals surface area contributed by atoms with E-state index in [1.165, 1.54) is 28.8 Å². The van der Waals surface area contributed by atoms with Gasteiger partial charge in [0.15, 0.2) is 0 Å². The first-order valence-corrected chi connectivity index (χ1v) is 6.55. The molecular weight excluding hydrogens is 220 g/mol. The Bertz CT molecular complexity index is 575. The van der Waals surface area contributed by atoms with Gasteiger partial charge in [-0.15, -0.1) is 0 Å². The molecule has 1 aromatic heterocycles. The van der Waals surface area contributed by atoms with Crippen molar-refractivity contribution in [1.29, 1.82) is 0 Å². The first kappa shape index (κ1) is 11.3. The lowest BCUT2D eigenvalue weighted by molar-refractivity contribution is 0.599. The van der Waals surface area contributed by atoms with Gasteiger partial charge < -0.3 is 5.73 Å². The normalized spacial score (nSPS) is 18.4. The van der Waals surface area contributed by atoms with E-state index in [1.807, 2.05) is 18.3 Å². The van der Waals surface area contributed by atoms with E-state index in [0.29, 0.717) is 5.92 Å². The van der Waals surface area contributed by atoms with E-state index in [4.69, 9.17) is 5.73 Å². The first-order chi connectivity index (χ1) is 8.75. The number of anilines is 1. The van der Waals surface area contributed by atoms with Crippen molar-refractivity contribution in [3.8, 4) is 0 Å². The van der Waals surface area contributed by atoms with Gasteiger partial charge in [-0.2, -0.15) is 0 Å². The summed E-state index contributed by atoms with van der Waals surface area (Å²) in [6, 6.07) is 10.5. The van der Waals surface area contributed by atoms with Gasteiger partial charge in [0, 0.05) is 17.8 Å². The van der Waals surface area contributed by atoms with Crippen LogP contribution in [0.4, 0.5) is 5.69 Å². The van der Waals surface area contributed by atoms with Crippen LogP contribution in [0.5, 0.6) is 0 Å². The number of fused-ring (bicyclic) bond motifs is 1. The van der Waals surface area contributed by atoms with Crippen molar-refractivity contribution in [3.63, 3.8) is 0 Å². The Morgan fingerprint density at radius 3 is 3.06 bits per heavy atom. The van der Waals surface area contributed by atoms with Crippen LogP contribution in [0.2, 0.25) is 0 Å². The van der Waals surface area contributed by atoms with Crippen molar-refractivity contribution >= 4 is 5.69 Å². The smallest absolute Gasteiger partial charge is 0.0511 e. The number of hydrogen-bond donors (Lipinski definition) is 1. The molecule has 1 atom stereocenters. The third kappa shape index (κ3) is 1.88. The zero-order chi connectivity index (χ0) is 12.5. The first-order valence-electron chi connectivity index (χ1n) is 6.55. The molecule has 0 bridgehead atoms. The van der Waals surface area contributed by atoms with Gasteiger partial charge in [-0.25, -0.2) is 0 Å². The molecule has 0 amide bonds. The average Bonchev–Trinajstić information content (AvgIpc) is 2.41. The largest absolute Gasteiger partial charge is 0.398 e. The van der Waals surface area contributed by atoms with Crippen LogP contribution >= 0.6 is 0 Å². The van der Waals surface area contributed by atoms with Gasteiger partial charge in [0.2, 0.25) is 0 Å². The summed E-state index contributed by atoms with van der Waals surface area (Å²) in [4.78, 5) is 4.59. The predicted molar refractivity (Wildman–Crippen MR) is 74.6 cm³/mol. The number of pyridine rings is 1. The molecule has 0 aliphatic heterocycles. The van der Waals surface area contributed by atoms with E-state index in [2.05, 4.69) is 30.1 Å². The topological polar surface area (TPSA) is 38.9 Å². The van der Waals surface area contributed by atoms with Crippen LogP contribution in [0.25, 0.3) is 0 Å². The van der Waals surface area contributed by atoms with Crippen LogP contribution in [-0.2, 0) is 6.42 Å². The molecule has 2 aromatic rings. The van der Waals surface area contributed by atoms with E-state index in [1.54, 1.807) is 0 Å². The minimum Gasteiger partial charge on any atom is -0.398 e. The van der Waals surface area contributed by atoms with E-state index in [9.17, 15) is 0 Å². The fourth-order valence-corrected chi connectivity index (χ4v) is 2.91. The second-order valence-corrected chi connectivity index (χ2v) is 5.12. The Balaban J connectivity index is 2.11. The molecule has 1 aromatic carbocycles. The highest BCUT2D eigenvalue weighted by Gasteiger charge is 2.24. The molecule has 0 fully saturated rings. The SMILES string of the molecule is Cc1ccc(N)c(C2CCCc3cccnc32)c1. The summed E-state index contributed by atoms with van der Waals surface area (Å²) in [5.41, 5.74) is 12.2. The highest BCUT2D eigenvalue weighted by Crippen LogP contribution is 2.37. The molecule has 0 radical (unpaired) electrons. The zero-order valence-corrected chi connectivity index (χ0v) is 10.7. The summed E-state index contributed by atoms with van der Waals surface area (Å²) in [5, 5.41) is 0. The number of nitrogens with zero attached hydrogens (tertiary/aromatic N) is 1. The average molecular weight is 238 g/mol. The van der Waals surface area contributed by atoms with Gasteiger partial charge in [0.05, 0.1) is 5.69 Å². The summed E-state index contributed by atoms with van der Waals surface area (Å²) in [5.74, 6) is 0.370. The van der Waals surface area contributed by atoms with Gasteiger partial charge in [-0.05, 0) is 49.4 Å². The number of nitrogen functional groups attached to an aromatic ring is 1. The Hall–Kier alpha value is -1.83. The van der Waals surface area contributed by atoms with Crippen LogP contribution in [-0.4, -0.2) is 4.98 Å². The van der Waals surface area contributed by atoms with E-state index < -0.39 is 0 Å². The summed E-state index contributed by atoms with van der Waals surface area (Å²) >= 11 is 0. The molecule has 0 saturated heterocycles.